The number of para-hydroxylation sites is 1. The van der Waals surface area contributed by atoms with E-state index < -0.39 is 10.8 Å². The number of rotatable bonds is 3. The summed E-state index contributed by atoms with van der Waals surface area (Å²) in [5.41, 5.74) is 0.756. The number of carbonyl (C=O) groups is 2. The highest BCUT2D eigenvalue weighted by Gasteiger charge is 2.26. The Kier molecular flexibility index (Phi) is 4.02. The molecule has 1 aliphatic heterocycles. The normalized spacial score (nSPS) is 13.6. The molecule has 0 spiro atoms. The van der Waals surface area contributed by atoms with Crippen LogP contribution in [0.1, 0.15) is 16.8 Å². The Morgan fingerprint density at radius 1 is 1.12 bits per heavy atom. The largest absolute Gasteiger partial charge is 0.308 e. The Morgan fingerprint density at radius 2 is 1.79 bits per heavy atom. The van der Waals surface area contributed by atoms with Gasteiger partial charge in [0.25, 0.3) is 17.5 Å². The second-order valence-electron chi connectivity index (χ2n) is 5.02. The maximum absolute atomic E-state index is 12.1. The first-order valence-corrected chi connectivity index (χ1v) is 7.06. The van der Waals surface area contributed by atoms with Crippen molar-refractivity contribution in [3.8, 4) is 0 Å². The van der Waals surface area contributed by atoms with Crippen LogP contribution in [-0.4, -0.2) is 22.6 Å². The highest BCUT2D eigenvalue weighted by molar-refractivity contribution is 6.17. The van der Waals surface area contributed by atoms with Crippen molar-refractivity contribution < 1.29 is 14.5 Å². The zero-order valence-electron chi connectivity index (χ0n) is 12.4. The maximum atomic E-state index is 12.1. The summed E-state index contributed by atoms with van der Waals surface area (Å²) in [6.45, 7) is 0. The van der Waals surface area contributed by atoms with E-state index in [1.165, 1.54) is 29.3 Å². The molecule has 0 saturated carbocycles. The number of amidine groups is 1. The van der Waals surface area contributed by atoms with E-state index in [2.05, 4.69) is 10.4 Å². The molecule has 0 saturated heterocycles. The monoisotopic (exact) mass is 324 g/mol. The molecule has 1 aliphatic rings. The van der Waals surface area contributed by atoms with E-state index in [1.54, 1.807) is 24.3 Å². The van der Waals surface area contributed by atoms with Crippen LogP contribution in [0.4, 0.5) is 11.4 Å². The molecule has 0 aliphatic carbocycles. The minimum atomic E-state index is -0.543. The Hall–Kier alpha value is -3.55. The third-order valence-electron chi connectivity index (χ3n) is 3.37. The predicted octanol–water partition coefficient (Wildman–Crippen LogP) is 2.08. The third-order valence-corrected chi connectivity index (χ3v) is 3.37. The topological polar surface area (TPSA) is 105 Å². The van der Waals surface area contributed by atoms with Gasteiger partial charge in [0, 0.05) is 17.7 Å². The van der Waals surface area contributed by atoms with Gasteiger partial charge in [-0.25, -0.2) is 0 Å². The van der Waals surface area contributed by atoms with Gasteiger partial charge in [0.2, 0.25) is 0 Å². The Labute approximate surface area is 136 Å². The molecule has 2 aromatic carbocycles. The number of carbonyl (C=O) groups excluding carboxylic acids is 2. The fraction of sp³-hybridized carbons (Fsp3) is 0.0625. The van der Waals surface area contributed by atoms with Gasteiger partial charge in [-0.1, -0.05) is 18.2 Å². The molecule has 0 unspecified atom stereocenters. The van der Waals surface area contributed by atoms with E-state index in [9.17, 15) is 19.7 Å². The van der Waals surface area contributed by atoms with E-state index >= 15 is 0 Å². The summed E-state index contributed by atoms with van der Waals surface area (Å²) < 4.78 is 0. The maximum Gasteiger partial charge on any atom is 0.269 e. The van der Waals surface area contributed by atoms with Crippen molar-refractivity contribution in [2.45, 2.75) is 6.42 Å². The number of nitrogens with one attached hydrogen (secondary N) is 1. The molecule has 8 heteroatoms. The zero-order valence-corrected chi connectivity index (χ0v) is 12.4. The second-order valence-corrected chi connectivity index (χ2v) is 5.02. The van der Waals surface area contributed by atoms with Gasteiger partial charge in [-0.3, -0.25) is 19.7 Å². The van der Waals surface area contributed by atoms with Crippen LogP contribution in [0.15, 0.2) is 59.7 Å². The average molecular weight is 324 g/mol. The highest BCUT2D eigenvalue weighted by atomic mass is 16.6. The fourth-order valence-electron chi connectivity index (χ4n) is 2.21. The standard InChI is InChI=1S/C16H12N4O4/c21-15-10-14(18-19(15)12-4-2-1-3-5-12)17-16(22)11-6-8-13(9-7-11)20(23)24/h1-9H,10H2,(H,17,18,22). The first kappa shape index (κ1) is 15.3. The molecule has 24 heavy (non-hydrogen) atoms. The molecule has 0 atom stereocenters. The lowest BCUT2D eigenvalue weighted by atomic mass is 10.2. The Bertz CT molecular complexity index is 831. The van der Waals surface area contributed by atoms with Crippen LogP contribution in [0.2, 0.25) is 0 Å². The molecule has 2 amide bonds. The van der Waals surface area contributed by atoms with Gasteiger partial charge in [0.05, 0.1) is 17.0 Å². The van der Waals surface area contributed by atoms with Crippen molar-refractivity contribution in [2.24, 2.45) is 5.10 Å². The van der Waals surface area contributed by atoms with E-state index in [0.29, 0.717) is 5.69 Å². The molecule has 0 radical (unpaired) electrons. The van der Waals surface area contributed by atoms with E-state index in [-0.39, 0.29) is 29.4 Å². The molecule has 0 aromatic heterocycles. The molecular weight excluding hydrogens is 312 g/mol. The van der Waals surface area contributed by atoms with Gasteiger partial charge >= 0.3 is 0 Å². The molecule has 3 rings (SSSR count). The average Bonchev–Trinajstić information content (AvgIpc) is 2.96. The molecule has 0 fully saturated rings. The van der Waals surface area contributed by atoms with Crippen molar-refractivity contribution in [3.63, 3.8) is 0 Å². The number of hydrogen-bond acceptors (Lipinski definition) is 5. The van der Waals surface area contributed by atoms with Crippen LogP contribution in [0.25, 0.3) is 0 Å². The van der Waals surface area contributed by atoms with Crippen LogP contribution in [0.3, 0.4) is 0 Å². The van der Waals surface area contributed by atoms with Gasteiger partial charge in [-0.05, 0) is 24.3 Å². The van der Waals surface area contributed by atoms with Crippen molar-refractivity contribution in [1.29, 1.82) is 0 Å². The number of hydrogen-bond donors (Lipinski definition) is 1. The molecule has 2 aromatic rings. The number of hydrazone groups is 1. The number of nitrogens with zero attached hydrogens (tertiary/aromatic N) is 3. The number of non-ortho nitro benzene ring substituents is 1. The predicted molar refractivity (Wildman–Crippen MR) is 86.5 cm³/mol. The molecular formula is C16H12N4O4. The van der Waals surface area contributed by atoms with Crippen LogP contribution in [0.5, 0.6) is 0 Å². The van der Waals surface area contributed by atoms with Crippen LogP contribution in [0, 0.1) is 10.1 Å². The van der Waals surface area contributed by atoms with Gasteiger partial charge in [-0.15, -0.1) is 0 Å². The van der Waals surface area contributed by atoms with Gasteiger partial charge < -0.3 is 5.32 Å². The summed E-state index contributed by atoms with van der Waals surface area (Å²) in [6.07, 6.45) is -0.0202. The number of anilines is 1. The lowest BCUT2D eigenvalue weighted by molar-refractivity contribution is -0.384. The Balaban J connectivity index is 1.73. The van der Waals surface area contributed by atoms with Crippen LogP contribution in [-0.2, 0) is 4.79 Å². The van der Waals surface area contributed by atoms with Crippen molar-refractivity contribution >= 4 is 29.0 Å². The number of amides is 2. The number of benzene rings is 2. The summed E-state index contributed by atoms with van der Waals surface area (Å²) in [4.78, 5) is 34.2. The quantitative estimate of drug-likeness (QED) is 0.689. The number of nitro groups is 1. The molecule has 1 heterocycles. The first-order valence-electron chi connectivity index (χ1n) is 7.06. The third kappa shape index (κ3) is 3.12. The molecule has 0 bridgehead atoms. The SMILES string of the molecule is O=C(NC1=NN(c2ccccc2)C(=O)C1)c1ccc([N+](=O)[O-])cc1. The summed E-state index contributed by atoms with van der Waals surface area (Å²) in [5, 5.41) is 18.5. The zero-order chi connectivity index (χ0) is 17.1. The molecule has 1 N–H and O–H groups in total. The minimum Gasteiger partial charge on any atom is -0.308 e. The van der Waals surface area contributed by atoms with Gasteiger partial charge in [0.1, 0.15) is 5.84 Å². The van der Waals surface area contributed by atoms with Gasteiger partial charge in [0.15, 0.2) is 0 Å². The summed E-state index contributed by atoms with van der Waals surface area (Å²) in [7, 11) is 0. The van der Waals surface area contributed by atoms with Crippen LogP contribution < -0.4 is 10.3 Å². The lowest BCUT2D eigenvalue weighted by Gasteiger charge is -2.10. The second kappa shape index (κ2) is 6.29. The van der Waals surface area contributed by atoms with Crippen molar-refractivity contribution in [2.75, 3.05) is 5.01 Å². The first-order chi connectivity index (χ1) is 11.5. The lowest BCUT2D eigenvalue weighted by Crippen LogP contribution is -2.29. The molecule has 120 valence electrons. The van der Waals surface area contributed by atoms with Crippen molar-refractivity contribution in [3.05, 3.63) is 70.3 Å². The highest BCUT2D eigenvalue weighted by Crippen LogP contribution is 2.19. The molecule has 8 nitrogen and oxygen atoms in total. The fourth-order valence-corrected chi connectivity index (χ4v) is 2.21. The van der Waals surface area contributed by atoms with E-state index in [1.807, 2.05) is 6.07 Å². The number of nitro benzene ring substituents is 1. The van der Waals surface area contributed by atoms with E-state index in [0.717, 1.165) is 0 Å². The summed E-state index contributed by atoms with van der Waals surface area (Å²) in [6, 6.07) is 14.0. The summed E-state index contributed by atoms with van der Waals surface area (Å²) >= 11 is 0. The van der Waals surface area contributed by atoms with Crippen molar-refractivity contribution in [1.82, 2.24) is 5.32 Å². The van der Waals surface area contributed by atoms with Crippen LogP contribution >= 0.6 is 0 Å². The van der Waals surface area contributed by atoms with Gasteiger partial charge in [-0.2, -0.15) is 10.1 Å². The smallest absolute Gasteiger partial charge is 0.269 e. The van der Waals surface area contributed by atoms with E-state index in [4.69, 9.17) is 0 Å². The summed E-state index contributed by atoms with van der Waals surface area (Å²) in [5.74, 6) is -0.501. The Morgan fingerprint density at radius 3 is 2.42 bits per heavy atom. The minimum absolute atomic E-state index is 0.0202.